The second-order valence-corrected chi connectivity index (χ2v) is 7.04. The lowest BCUT2D eigenvalue weighted by Gasteiger charge is -2.27. The van der Waals surface area contributed by atoms with Crippen molar-refractivity contribution >= 4 is 6.09 Å². The summed E-state index contributed by atoms with van der Waals surface area (Å²) >= 11 is 0. The van der Waals surface area contributed by atoms with Crippen LogP contribution in [0.25, 0.3) is 0 Å². The zero-order valence-electron chi connectivity index (χ0n) is 11.5. The number of rotatable bonds is 0. The van der Waals surface area contributed by atoms with Crippen molar-refractivity contribution in [1.29, 1.82) is 0 Å². The molecule has 2 aliphatic heterocycles. The van der Waals surface area contributed by atoms with Crippen LogP contribution in [-0.4, -0.2) is 46.7 Å². The molecule has 2 saturated heterocycles. The van der Waals surface area contributed by atoms with Crippen LogP contribution in [0.2, 0.25) is 0 Å². The molecule has 0 bridgehead atoms. The fourth-order valence-corrected chi connectivity index (χ4v) is 3.14. The third-order valence-corrected chi connectivity index (χ3v) is 4.16. The van der Waals surface area contributed by atoms with E-state index >= 15 is 0 Å². The summed E-state index contributed by atoms with van der Waals surface area (Å²) < 4.78 is 33.2. The third-order valence-electron chi connectivity index (χ3n) is 4.16. The summed E-state index contributed by atoms with van der Waals surface area (Å²) in [6.07, 6.45) is 1.85. The molecule has 1 N–H and O–H groups in total. The number of carbonyl (C=O) groups is 1. The third kappa shape index (κ3) is 2.20. The molecule has 2 atom stereocenters. The van der Waals surface area contributed by atoms with Crippen LogP contribution in [0.15, 0.2) is 0 Å². The van der Waals surface area contributed by atoms with Gasteiger partial charge >= 0.3 is 6.09 Å². The van der Waals surface area contributed by atoms with E-state index in [1.165, 1.54) is 4.90 Å². The molecule has 0 aromatic heterocycles. The maximum Gasteiger partial charge on any atom is 0.410 e. The van der Waals surface area contributed by atoms with Gasteiger partial charge in [-0.3, -0.25) is 4.90 Å². The smallest absolute Gasteiger partial charge is 0.410 e. The van der Waals surface area contributed by atoms with Crippen molar-refractivity contribution < 1.29 is 18.3 Å². The second-order valence-electron chi connectivity index (χ2n) is 7.04. The van der Waals surface area contributed by atoms with Crippen LogP contribution in [0.3, 0.4) is 0 Å². The highest BCUT2D eigenvalue weighted by Crippen LogP contribution is 2.51. The average molecular weight is 274 g/mol. The number of hydrogen-bond donors (Lipinski definition) is 1. The van der Waals surface area contributed by atoms with Gasteiger partial charge < -0.3 is 10.1 Å². The Balaban J connectivity index is 1.78. The molecular weight excluding hydrogens is 254 g/mol. The van der Waals surface area contributed by atoms with E-state index in [9.17, 15) is 13.6 Å². The summed E-state index contributed by atoms with van der Waals surface area (Å²) in [5.74, 6) is -2.87. The van der Waals surface area contributed by atoms with Crippen LogP contribution in [0.5, 0.6) is 0 Å². The molecule has 1 amide bonds. The number of alkyl halides is 2. The fourth-order valence-electron chi connectivity index (χ4n) is 3.14. The summed E-state index contributed by atoms with van der Waals surface area (Å²) in [5, 5.41) is 3.04. The van der Waals surface area contributed by atoms with Crippen molar-refractivity contribution in [2.24, 2.45) is 0 Å². The standard InChI is InChI=1S/C13H20F2N2O2/c1-11(2,3)19-10(18)17-7-13(14,15)9-8(17)6-12(16-9)4-5-12/h8-9,16H,4-7H2,1-3H3/t8-,9+/m0/s1. The number of ether oxygens (including phenoxy) is 1. The van der Waals surface area contributed by atoms with Crippen molar-refractivity contribution in [3.8, 4) is 0 Å². The minimum atomic E-state index is -2.87. The van der Waals surface area contributed by atoms with Gasteiger partial charge in [0.15, 0.2) is 0 Å². The van der Waals surface area contributed by atoms with Gasteiger partial charge in [-0.2, -0.15) is 0 Å². The molecule has 2 heterocycles. The van der Waals surface area contributed by atoms with Gasteiger partial charge in [-0.1, -0.05) is 0 Å². The molecule has 0 aromatic carbocycles. The topological polar surface area (TPSA) is 41.6 Å². The molecule has 108 valence electrons. The van der Waals surface area contributed by atoms with E-state index in [0.717, 1.165) is 12.8 Å². The van der Waals surface area contributed by atoms with Gasteiger partial charge in [0.1, 0.15) is 5.60 Å². The predicted octanol–water partition coefficient (Wildman–Crippen LogP) is 2.14. The zero-order valence-corrected chi connectivity index (χ0v) is 11.5. The van der Waals surface area contributed by atoms with Crippen LogP contribution < -0.4 is 5.32 Å². The molecule has 3 aliphatic rings. The van der Waals surface area contributed by atoms with Gasteiger partial charge in [-0.05, 0) is 40.0 Å². The van der Waals surface area contributed by atoms with E-state index in [2.05, 4.69) is 5.32 Å². The second kappa shape index (κ2) is 3.59. The Morgan fingerprint density at radius 1 is 1.37 bits per heavy atom. The molecule has 0 radical (unpaired) electrons. The molecule has 6 heteroatoms. The highest BCUT2D eigenvalue weighted by molar-refractivity contribution is 5.69. The summed E-state index contributed by atoms with van der Waals surface area (Å²) in [5.41, 5.74) is -0.798. The maximum absolute atomic E-state index is 14.0. The van der Waals surface area contributed by atoms with Crippen LogP contribution in [0.4, 0.5) is 13.6 Å². The van der Waals surface area contributed by atoms with E-state index in [4.69, 9.17) is 4.74 Å². The predicted molar refractivity (Wildman–Crippen MR) is 65.2 cm³/mol. The lowest BCUT2D eigenvalue weighted by atomic mass is 10.1. The first-order valence-electron chi connectivity index (χ1n) is 6.77. The van der Waals surface area contributed by atoms with Gasteiger partial charge in [0.05, 0.1) is 18.6 Å². The monoisotopic (exact) mass is 274 g/mol. The van der Waals surface area contributed by atoms with Crippen molar-refractivity contribution in [2.75, 3.05) is 6.54 Å². The molecule has 3 rings (SSSR count). The Labute approximate surface area is 111 Å². The van der Waals surface area contributed by atoms with Gasteiger partial charge in [0, 0.05) is 5.54 Å². The molecule has 19 heavy (non-hydrogen) atoms. The quantitative estimate of drug-likeness (QED) is 0.736. The molecule has 1 aliphatic carbocycles. The summed E-state index contributed by atoms with van der Waals surface area (Å²) in [6.45, 7) is 4.68. The number of likely N-dealkylation sites (tertiary alicyclic amines) is 1. The van der Waals surface area contributed by atoms with Crippen LogP contribution in [-0.2, 0) is 4.74 Å². The fraction of sp³-hybridized carbons (Fsp3) is 0.923. The van der Waals surface area contributed by atoms with Crippen LogP contribution in [0.1, 0.15) is 40.0 Å². The molecular formula is C13H20F2N2O2. The molecule has 0 unspecified atom stereocenters. The largest absolute Gasteiger partial charge is 0.444 e. The SMILES string of the molecule is CC(C)(C)OC(=O)N1CC(F)(F)[C@@H]2NC3(CC3)C[C@@H]21. The highest BCUT2D eigenvalue weighted by Gasteiger charge is 2.66. The number of nitrogens with zero attached hydrogens (tertiary/aromatic N) is 1. The Kier molecular flexibility index (Phi) is 2.48. The van der Waals surface area contributed by atoms with Crippen molar-refractivity contribution in [3.05, 3.63) is 0 Å². The first-order chi connectivity index (χ1) is 8.62. The summed E-state index contributed by atoms with van der Waals surface area (Å²) in [6, 6.07) is -1.35. The minimum absolute atomic E-state index is 0.139. The normalized spacial score (nSPS) is 34.5. The number of carbonyl (C=O) groups excluding carboxylic acids is 1. The Morgan fingerprint density at radius 2 is 2.00 bits per heavy atom. The first-order valence-corrected chi connectivity index (χ1v) is 6.77. The van der Waals surface area contributed by atoms with Crippen molar-refractivity contribution in [2.45, 2.75) is 69.2 Å². The molecule has 3 fully saturated rings. The van der Waals surface area contributed by atoms with E-state index < -0.39 is 36.2 Å². The average Bonchev–Trinajstić information content (AvgIpc) is 2.76. The first kappa shape index (κ1) is 13.1. The lowest BCUT2D eigenvalue weighted by molar-refractivity contribution is -0.0180. The van der Waals surface area contributed by atoms with E-state index in [1.807, 2.05) is 0 Å². The molecule has 4 nitrogen and oxygen atoms in total. The summed E-state index contributed by atoms with van der Waals surface area (Å²) in [4.78, 5) is 13.3. The number of hydrogen-bond acceptors (Lipinski definition) is 3. The van der Waals surface area contributed by atoms with Crippen LogP contribution in [0, 0.1) is 0 Å². The Bertz CT molecular complexity index is 415. The minimum Gasteiger partial charge on any atom is -0.444 e. The van der Waals surface area contributed by atoms with E-state index in [1.54, 1.807) is 20.8 Å². The molecule has 1 saturated carbocycles. The number of amides is 1. The van der Waals surface area contributed by atoms with Gasteiger partial charge in [0.2, 0.25) is 0 Å². The highest BCUT2D eigenvalue weighted by atomic mass is 19.3. The number of nitrogens with one attached hydrogen (secondary N) is 1. The number of halogens is 2. The van der Waals surface area contributed by atoms with E-state index in [-0.39, 0.29) is 5.54 Å². The number of fused-ring (bicyclic) bond motifs is 1. The van der Waals surface area contributed by atoms with Gasteiger partial charge in [0.25, 0.3) is 5.92 Å². The van der Waals surface area contributed by atoms with E-state index in [0.29, 0.717) is 6.42 Å². The van der Waals surface area contributed by atoms with Crippen LogP contribution >= 0.6 is 0 Å². The lowest BCUT2D eigenvalue weighted by Crippen LogP contribution is -2.44. The molecule has 0 aromatic rings. The summed E-state index contributed by atoms with van der Waals surface area (Å²) in [7, 11) is 0. The van der Waals surface area contributed by atoms with Gasteiger partial charge in [-0.25, -0.2) is 13.6 Å². The Hall–Kier alpha value is -0.910. The van der Waals surface area contributed by atoms with Gasteiger partial charge in [-0.15, -0.1) is 0 Å². The van der Waals surface area contributed by atoms with Crippen molar-refractivity contribution in [1.82, 2.24) is 10.2 Å². The van der Waals surface area contributed by atoms with Crippen molar-refractivity contribution in [3.63, 3.8) is 0 Å². The molecule has 1 spiro atoms. The Morgan fingerprint density at radius 3 is 2.53 bits per heavy atom. The maximum atomic E-state index is 14.0. The zero-order chi connectivity index (χ0) is 14.1.